The van der Waals surface area contributed by atoms with E-state index in [9.17, 15) is 9.90 Å². The van der Waals surface area contributed by atoms with Gasteiger partial charge in [0.25, 0.3) is 0 Å². The summed E-state index contributed by atoms with van der Waals surface area (Å²) >= 11 is 0. The molecule has 2 aliphatic rings. The average Bonchev–Trinajstić information content (AvgIpc) is 3.44. The van der Waals surface area contributed by atoms with Crippen molar-refractivity contribution >= 4 is 5.97 Å². The maximum Gasteiger partial charge on any atom is 0.338 e. The van der Waals surface area contributed by atoms with E-state index in [1.54, 1.807) is 24.3 Å². The smallest absolute Gasteiger partial charge is 0.338 e. The SMILES string of the molecule is O=C(O[C@H]1[C@H](O[C@@H]2[C@@H](OCc3ccccc3)[C@@H](O)O[C@H](COCc3ccccc3)[C@H]2OCc2ccccc2)O[C@H](COCc2ccccc2)[C@H](OCc2ccccc2)[C@@H]1OCc1ccccc1)c1ccccc1. The Balaban J connectivity index is 1.11. The Kier molecular flexibility index (Phi) is 19.1. The van der Waals surface area contributed by atoms with Crippen LogP contribution < -0.4 is 0 Å². The number of benzene rings is 7. The fourth-order valence-corrected chi connectivity index (χ4v) is 8.92. The number of aliphatic hydroxyl groups is 1. The highest BCUT2D eigenvalue weighted by Crippen LogP contribution is 2.36. The van der Waals surface area contributed by atoms with Crippen molar-refractivity contribution in [2.75, 3.05) is 13.2 Å². The van der Waals surface area contributed by atoms with Gasteiger partial charge in [0.2, 0.25) is 0 Å². The number of carbonyl (C=O) groups excluding carboxylic acids is 1. The number of hydrogen-bond acceptors (Lipinski definition) is 12. The van der Waals surface area contributed by atoms with Crippen LogP contribution in [0.2, 0.25) is 0 Å². The average molecular weight is 987 g/mol. The highest BCUT2D eigenvalue weighted by molar-refractivity contribution is 5.89. The quantitative estimate of drug-likeness (QED) is 0.0579. The third-order valence-corrected chi connectivity index (χ3v) is 12.7. The Morgan fingerprint density at radius 3 is 1.11 bits per heavy atom. The number of carbonyl (C=O) groups is 1. The van der Waals surface area contributed by atoms with Gasteiger partial charge in [-0.25, -0.2) is 4.79 Å². The molecule has 7 aromatic carbocycles. The van der Waals surface area contributed by atoms with Crippen molar-refractivity contribution < 1.29 is 57.3 Å². The van der Waals surface area contributed by atoms with Crippen molar-refractivity contribution in [3.05, 3.63) is 251 Å². The first-order valence-electron chi connectivity index (χ1n) is 24.8. The molecule has 0 unspecified atom stereocenters. The molecule has 378 valence electrons. The van der Waals surface area contributed by atoms with E-state index in [1.165, 1.54) is 0 Å². The molecule has 10 atom stereocenters. The molecule has 0 amide bonds. The molecule has 73 heavy (non-hydrogen) atoms. The van der Waals surface area contributed by atoms with Gasteiger partial charge in [-0.1, -0.05) is 200 Å². The van der Waals surface area contributed by atoms with E-state index in [2.05, 4.69) is 0 Å². The first-order chi connectivity index (χ1) is 36.0. The summed E-state index contributed by atoms with van der Waals surface area (Å²) in [6.07, 6.45) is -11.1. The molecular formula is C61H62O12. The summed E-state index contributed by atoms with van der Waals surface area (Å²) in [4.78, 5) is 14.5. The molecule has 0 radical (unpaired) electrons. The molecule has 1 N–H and O–H groups in total. The van der Waals surface area contributed by atoms with Gasteiger partial charge in [-0.3, -0.25) is 0 Å². The minimum Gasteiger partial charge on any atom is -0.450 e. The van der Waals surface area contributed by atoms with Crippen molar-refractivity contribution in [3.8, 4) is 0 Å². The van der Waals surface area contributed by atoms with E-state index in [-0.39, 0.29) is 52.9 Å². The summed E-state index contributed by atoms with van der Waals surface area (Å²) in [6.45, 7) is 1.16. The number of aliphatic hydroxyl groups excluding tert-OH is 1. The lowest BCUT2D eigenvalue weighted by molar-refractivity contribution is -0.370. The third-order valence-electron chi connectivity index (χ3n) is 12.7. The van der Waals surface area contributed by atoms with Gasteiger partial charge in [-0.15, -0.1) is 0 Å². The third kappa shape index (κ3) is 14.9. The molecule has 2 saturated heterocycles. The van der Waals surface area contributed by atoms with Crippen LogP contribution in [0.3, 0.4) is 0 Å². The summed E-state index contributed by atoms with van der Waals surface area (Å²) in [7, 11) is 0. The first kappa shape index (κ1) is 51.5. The Morgan fingerprint density at radius 2 is 0.699 bits per heavy atom. The van der Waals surface area contributed by atoms with E-state index in [0.29, 0.717) is 5.56 Å². The minimum absolute atomic E-state index is 0.0167. The molecule has 0 bridgehead atoms. The van der Waals surface area contributed by atoms with Gasteiger partial charge in [0, 0.05) is 0 Å². The summed E-state index contributed by atoms with van der Waals surface area (Å²) in [5, 5.41) is 12.1. The van der Waals surface area contributed by atoms with Crippen LogP contribution in [0.4, 0.5) is 0 Å². The van der Waals surface area contributed by atoms with Crippen LogP contribution in [-0.2, 0) is 87.0 Å². The van der Waals surface area contributed by atoms with Crippen LogP contribution in [-0.4, -0.2) is 85.7 Å². The molecule has 12 nitrogen and oxygen atoms in total. The monoisotopic (exact) mass is 986 g/mol. The van der Waals surface area contributed by atoms with E-state index < -0.39 is 67.4 Å². The molecule has 0 aliphatic carbocycles. The zero-order valence-corrected chi connectivity index (χ0v) is 40.6. The van der Waals surface area contributed by atoms with Crippen LogP contribution in [0, 0.1) is 0 Å². The van der Waals surface area contributed by atoms with E-state index in [1.807, 2.05) is 188 Å². The van der Waals surface area contributed by atoms with Crippen LogP contribution >= 0.6 is 0 Å². The van der Waals surface area contributed by atoms with Gasteiger partial charge in [-0.05, 0) is 45.5 Å². The van der Waals surface area contributed by atoms with E-state index in [0.717, 1.165) is 33.4 Å². The normalized spacial score (nSPS) is 23.9. The predicted octanol–water partition coefficient (Wildman–Crippen LogP) is 9.81. The lowest BCUT2D eigenvalue weighted by atomic mass is 9.95. The second kappa shape index (κ2) is 27.1. The highest BCUT2D eigenvalue weighted by Gasteiger charge is 2.55. The summed E-state index contributed by atoms with van der Waals surface area (Å²) < 4.78 is 67.5. The van der Waals surface area contributed by atoms with E-state index in [4.69, 9.17) is 47.4 Å². The maximum atomic E-state index is 14.5. The molecule has 0 aromatic heterocycles. The van der Waals surface area contributed by atoms with Crippen molar-refractivity contribution in [2.45, 2.75) is 101 Å². The second-order valence-electron chi connectivity index (χ2n) is 18.0. The second-order valence-corrected chi connectivity index (χ2v) is 18.0. The standard InChI is InChI=1S/C61H62O12/c62-59(50-34-20-7-21-35-50)72-58-55(68-40-48-30-16-5-17-31-48)53(66-38-46-26-12-3-13-27-46)52(43-65-37-45-24-10-2-11-25-45)71-61(58)73-56-54(67-39-47-28-14-4-15-29-47)51(42-64-36-44-22-8-1-9-23-44)70-60(63)57(56)69-41-49-32-18-6-19-33-49/h1-35,51-58,60-61,63H,36-43H2/t51-,52-,53+,54-,55+,56+,57-,58-,60+,61+/m1/s1. The van der Waals surface area contributed by atoms with Crippen LogP contribution in [0.1, 0.15) is 43.7 Å². The van der Waals surface area contributed by atoms with Crippen LogP contribution in [0.15, 0.2) is 212 Å². The van der Waals surface area contributed by atoms with Gasteiger partial charge >= 0.3 is 5.97 Å². The Morgan fingerprint density at radius 1 is 0.370 bits per heavy atom. The summed E-state index contributed by atoms with van der Waals surface area (Å²) in [5.41, 5.74) is 5.78. The van der Waals surface area contributed by atoms with E-state index >= 15 is 0 Å². The fraction of sp³-hybridized carbons (Fsp3) is 0.295. The summed E-state index contributed by atoms with van der Waals surface area (Å²) in [6, 6.07) is 67.3. The predicted molar refractivity (Wildman–Crippen MR) is 272 cm³/mol. The molecule has 2 heterocycles. The van der Waals surface area contributed by atoms with Gasteiger partial charge in [0.15, 0.2) is 18.7 Å². The van der Waals surface area contributed by atoms with Crippen LogP contribution in [0.5, 0.6) is 0 Å². The lowest BCUT2D eigenvalue weighted by Crippen LogP contribution is -2.66. The molecule has 2 fully saturated rings. The molecule has 9 rings (SSSR count). The topological polar surface area (TPSA) is 130 Å². The van der Waals surface area contributed by atoms with Crippen molar-refractivity contribution in [3.63, 3.8) is 0 Å². The van der Waals surface area contributed by atoms with Crippen molar-refractivity contribution in [1.29, 1.82) is 0 Å². The van der Waals surface area contributed by atoms with Gasteiger partial charge in [0.05, 0.1) is 58.4 Å². The van der Waals surface area contributed by atoms with Crippen molar-refractivity contribution in [1.82, 2.24) is 0 Å². The summed E-state index contributed by atoms with van der Waals surface area (Å²) in [5.74, 6) is -0.635. The first-order valence-corrected chi connectivity index (χ1v) is 24.8. The molecular weight excluding hydrogens is 925 g/mol. The van der Waals surface area contributed by atoms with Gasteiger partial charge < -0.3 is 52.5 Å². The molecule has 7 aromatic rings. The maximum absolute atomic E-state index is 14.5. The fourth-order valence-electron chi connectivity index (χ4n) is 8.92. The molecule has 0 saturated carbocycles. The zero-order valence-electron chi connectivity index (χ0n) is 40.6. The molecule has 0 spiro atoms. The lowest BCUT2D eigenvalue weighted by Gasteiger charge is -2.49. The van der Waals surface area contributed by atoms with Gasteiger partial charge in [0.1, 0.15) is 42.7 Å². The molecule has 12 heteroatoms. The number of rotatable bonds is 24. The Bertz CT molecular complexity index is 2630. The zero-order chi connectivity index (χ0) is 49.9. The number of ether oxygens (including phenoxy) is 10. The number of esters is 1. The largest absolute Gasteiger partial charge is 0.450 e. The highest BCUT2D eigenvalue weighted by atomic mass is 16.8. The van der Waals surface area contributed by atoms with Crippen LogP contribution in [0.25, 0.3) is 0 Å². The minimum atomic E-state index is -1.53. The Hall–Kier alpha value is -6.39. The molecule has 2 aliphatic heterocycles. The van der Waals surface area contributed by atoms with Crippen molar-refractivity contribution in [2.24, 2.45) is 0 Å². The number of hydrogen-bond donors (Lipinski definition) is 1. The Labute approximate surface area is 427 Å². The van der Waals surface area contributed by atoms with Gasteiger partial charge in [-0.2, -0.15) is 0 Å².